The van der Waals surface area contributed by atoms with Gasteiger partial charge in [-0.3, -0.25) is 4.57 Å². The molecule has 2 nitrogen and oxygen atoms in total. The Balaban J connectivity index is 2.46. The minimum atomic E-state index is 0.304. The standard InChI is InChI=1S/C14H8Br2Cl2N2/c15-8-3-1-4-9(16)13(8)20-12(7-17)19-11-6-2-5-10(18)14(11)20/h1-6H,7H2. The average Bonchev–Trinajstić information content (AvgIpc) is 2.79. The van der Waals surface area contributed by atoms with Gasteiger partial charge in [-0.05, 0) is 56.1 Å². The van der Waals surface area contributed by atoms with Gasteiger partial charge in [0.25, 0.3) is 0 Å². The Morgan fingerprint density at radius 3 is 2.35 bits per heavy atom. The van der Waals surface area contributed by atoms with E-state index in [9.17, 15) is 0 Å². The molecule has 0 fully saturated rings. The maximum Gasteiger partial charge on any atom is 0.129 e. The fourth-order valence-electron chi connectivity index (χ4n) is 2.17. The molecular weight excluding hydrogens is 427 g/mol. The number of aromatic nitrogens is 2. The van der Waals surface area contributed by atoms with E-state index in [0.717, 1.165) is 31.5 Å². The maximum absolute atomic E-state index is 6.35. The van der Waals surface area contributed by atoms with Crippen LogP contribution in [0.1, 0.15) is 5.82 Å². The minimum absolute atomic E-state index is 0.304. The van der Waals surface area contributed by atoms with Gasteiger partial charge in [-0.15, -0.1) is 11.6 Å². The third-order valence-electron chi connectivity index (χ3n) is 2.98. The fraction of sp³-hybridized carbons (Fsp3) is 0.0714. The van der Waals surface area contributed by atoms with Gasteiger partial charge in [0.15, 0.2) is 0 Å². The number of halogens is 4. The van der Waals surface area contributed by atoms with Crippen molar-refractivity contribution in [1.82, 2.24) is 9.55 Å². The molecule has 3 aromatic rings. The summed E-state index contributed by atoms with van der Waals surface area (Å²) in [7, 11) is 0. The number of para-hydroxylation sites is 2. The number of hydrogen-bond donors (Lipinski definition) is 0. The Bertz CT molecular complexity index is 779. The summed E-state index contributed by atoms with van der Waals surface area (Å²) in [6.07, 6.45) is 0. The van der Waals surface area contributed by atoms with Gasteiger partial charge < -0.3 is 0 Å². The minimum Gasteiger partial charge on any atom is -0.291 e. The normalized spacial score (nSPS) is 11.2. The van der Waals surface area contributed by atoms with Crippen molar-refractivity contribution in [3.05, 3.63) is 56.2 Å². The van der Waals surface area contributed by atoms with Crippen molar-refractivity contribution in [2.24, 2.45) is 0 Å². The van der Waals surface area contributed by atoms with E-state index in [-0.39, 0.29) is 0 Å². The van der Waals surface area contributed by atoms with Crippen molar-refractivity contribution in [2.45, 2.75) is 5.88 Å². The van der Waals surface area contributed by atoms with Crippen LogP contribution in [0.5, 0.6) is 0 Å². The first-order valence-electron chi connectivity index (χ1n) is 5.79. The van der Waals surface area contributed by atoms with Gasteiger partial charge in [-0.1, -0.05) is 23.7 Å². The van der Waals surface area contributed by atoms with E-state index in [0.29, 0.717) is 10.9 Å². The Hall–Kier alpha value is -0.550. The van der Waals surface area contributed by atoms with Crippen LogP contribution in [0.2, 0.25) is 5.02 Å². The van der Waals surface area contributed by atoms with Gasteiger partial charge in [-0.2, -0.15) is 0 Å². The molecule has 3 rings (SSSR count). The monoisotopic (exact) mass is 432 g/mol. The summed E-state index contributed by atoms with van der Waals surface area (Å²) in [4.78, 5) is 4.56. The summed E-state index contributed by atoms with van der Waals surface area (Å²) in [6, 6.07) is 11.6. The van der Waals surface area contributed by atoms with Crippen molar-refractivity contribution in [3.63, 3.8) is 0 Å². The molecule has 0 spiro atoms. The number of rotatable bonds is 2. The molecule has 6 heteroatoms. The molecule has 2 aromatic carbocycles. The van der Waals surface area contributed by atoms with Crippen molar-refractivity contribution in [3.8, 4) is 5.69 Å². The highest BCUT2D eigenvalue weighted by molar-refractivity contribution is 9.11. The summed E-state index contributed by atoms with van der Waals surface area (Å²) in [5.41, 5.74) is 2.63. The highest BCUT2D eigenvalue weighted by Gasteiger charge is 2.18. The molecule has 0 N–H and O–H groups in total. The molecule has 0 atom stereocenters. The number of nitrogens with zero attached hydrogens (tertiary/aromatic N) is 2. The lowest BCUT2D eigenvalue weighted by Gasteiger charge is -2.12. The van der Waals surface area contributed by atoms with Crippen molar-refractivity contribution >= 4 is 66.1 Å². The molecule has 1 aromatic heterocycles. The lowest BCUT2D eigenvalue weighted by atomic mass is 10.2. The Morgan fingerprint density at radius 1 is 1.05 bits per heavy atom. The topological polar surface area (TPSA) is 17.8 Å². The van der Waals surface area contributed by atoms with Gasteiger partial charge >= 0.3 is 0 Å². The first-order chi connectivity index (χ1) is 9.63. The van der Waals surface area contributed by atoms with Crippen LogP contribution in [-0.2, 0) is 5.88 Å². The van der Waals surface area contributed by atoms with Gasteiger partial charge in [0.1, 0.15) is 5.82 Å². The second kappa shape index (κ2) is 5.68. The molecule has 0 bridgehead atoms. The van der Waals surface area contributed by atoms with Crippen LogP contribution < -0.4 is 0 Å². The fourth-order valence-corrected chi connectivity index (χ4v) is 3.95. The number of alkyl halides is 1. The summed E-state index contributed by atoms with van der Waals surface area (Å²) in [5.74, 6) is 1.06. The Morgan fingerprint density at radius 2 is 1.70 bits per heavy atom. The molecule has 0 unspecified atom stereocenters. The number of hydrogen-bond acceptors (Lipinski definition) is 1. The zero-order chi connectivity index (χ0) is 14.3. The lowest BCUT2D eigenvalue weighted by Crippen LogP contribution is -2.01. The summed E-state index contributed by atoms with van der Waals surface area (Å²) >= 11 is 19.6. The van der Waals surface area contributed by atoms with Gasteiger partial charge in [0.2, 0.25) is 0 Å². The van der Waals surface area contributed by atoms with Gasteiger partial charge in [0, 0.05) is 8.95 Å². The predicted octanol–water partition coefficient (Wildman–Crippen LogP) is 5.94. The first kappa shape index (κ1) is 14.4. The lowest BCUT2D eigenvalue weighted by molar-refractivity contribution is 0.972. The molecular formula is C14H8Br2Cl2N2. The number of fused-ring (bicyclic) bond motifs is 1. The predicted molar refractivity (Wildman–Crippen MR) is 91.0 cm³/mol. The molecule has 0 aliphatic carbocycles. The first-order valence-corrected chi connectivity index (χ1v) is 8.29. The van der Waals surface area contributed by atoms with Crippen LogP contribution in [-0.4, -0.2) is 9.55 Å². The molecule has 102 valence electrons. The molecule has 0 radical (unpaired) electrons. The van der Waals surface area contributed by atoms with Crippen molar-refractivity contribution in [2.75, 3.05) is 0 Å². The van der Waals surface area contributed by atoms with Gasteiger partial charge in [0.05, 0.1) is 27.6 Å². The molecule has 1 heterocycles. The third kappa shape index (κ3) is 2.29. The molecule has 20 heavy (non-hydrogen) atoms. The number of imidazole rings is 1. The quantitative estimate of drug-likeness (QED) is 0.456. The molecule has 0 aliphatic heterocycles. The van der Waals surface area contributed by atoms with E-state index in [1.54, 1.807) is 0 Å². The smallest absolute Gasteiger partial charge is 0.129 e. The van der Waals surface area contributed by atoms with E-state index >= 15 is 0 Å². The number of benzene rings is 2. The van der Waals surface area contributed by atoms with Crippen molar-refractivity contribution in [1.29, 1.82) is 0 Å². The second-order valence-corrected chi connectivity index (χ2v) is 6.56. The second-order valence-electron chi connectivity index (χ2n) is 4.17. The average molecular weight is 435 g/mol. The van der Waals surface area contributed by atoms with Crippen LogP contribution in [0.25, 0.3) is 16.7 Å². The highest BCUT2D eigenvalue weighted by atomic mass is 79.9. The SMILES string of the molecule is ClCc1nc2cccc(Cl)c2n1-c1c(Br)cccc1Br. The Labute approximate surface area is 143 Å². The van der Waals surface area contributed by atoms with E-state index in [4.69, 9.17) is 23.2 Å². The van der Waals surface area contributed by atoms with E-state index in [1.165, 1.54) is 0 Å². The van der Waals surface area contributed by atoms with Crippen molar-refractivity contribution < 1.29 is 0 Å². The van der Waals surface area contributed by atoms with Crippen LogP contribution in [0, 0.1) is 0 Å². The largest absolute Gasteiger partial charge is 0.291 e. The van der Waals surface area contributed by atoms with E-state index in [2.05, 4.69) is 36.8 Å². The third-order valence-corrected chi connectivity index (χ3v) is 4.80. The van der Waals surface area contributed by atoms with E-state index < -0.39 is 0 Å². The van der Waals surface area contributed by atoms with Crippen LogP contribution in [0.15, 0.2) is 45.3 Å². The summed E-state index contributed by atoms with van der Waals surface area (Å²) < 4.78 is 3.87. The maximum atomic E-state index is 6.35. The molecule has 0 aliphatic rings. The van der Waals surface area contributed by atoms with Crippen LogP contribution >= 0.6 is 55.1 Å². The van der Waals surface area contributed by atoms with Gasteiger partial charge in [-0.25, -0.2) is 4.98 Å². The van der Waals surface area contributed by atoms with E-state index in [1.807, 2.05) is 41.0 Å². The zero-order valence-corrected chi connectivity index (χ0v) is 14.8. The molecule has 0 saturated heterocycles. The summed E-state index contributed by atoms with van der Waals surface area (Å²) in [5, 5.41) is 0.647. The molecule has 0 saturated carbocycles. The molecule has 0 amide bonds. The Kier molecular flexibility index (Phi) is 4.09. The zero-order valence-electron chi connectivity index (χ0n) is 10.1. The van der Waals surface area contributed by atoms with Crippen LogP contribution in [0.4, 0.5) is 0 Å². The van der Waals surface area contributed by atoms with Crippen LogP contribution in [0.3, 0.4) is 0 Å². The highest BCUT2D eigenvalue weighted by Crippen LogP contribution is 2.35. The summed E-state index contributed by atoms with van der Waals surface area (Å²) in [6.45, 7) is 0.